The number of urea groups is 1. The highest BCUT2D eigenvalue weighted by atomic mass is 16.2. The molecule has 1 aliphatic carbocycles. The Morgan fingerprint density at radius 3 is 2.40 bits per heavy atom. The standard InChI is InChI=1S/C19H25N3O3/c1-14-6-8-15(9-7-14)12-20-16(23)13-22-17(24)19(21(2)18(22)25)10-4-3-5-11-19/h6-9H,3-5,10-13H2,1-2H3,(H,20,23). The predicted octanol–water partition coefficient (Wildman–Crippen LogP) is 2.21. The molecular formula is C19H25N3O3. The maximum atomic E-state index is 12.8. The molecule has 4 amide bonds. The lowest BCUT2D eigenvalue weighted by molar-refractivity contribution is -0.137. The molecule has 25 heavy (non-hydrogen) atoms. The van der Waals surface area contributed by atoms with Gasteiger partial charge < -0.3 is 10.2 Å². The third kappa shape index (κ3) is 3.25. The lowest BCUT2D eigenvalue weighted by Crippen LogP contribution is -2.49. The van der Waals surface area contributed by atoms with E-state index < -0.39 is 5.54 Å². The first kappa shape index (κ1) is 17.5. The maximum Gasteiger partial charge on any atom is 0.327 e. The van der Waals surface area contributed by atoms with E-state index in [-0.39, 0.29) is 24.4 Å². The number of rotatable bonds is 4. The zero-order valence-corrected chi connectivity index (χ0v) is 14.9. The molecular weight excluding hydrogens is 318 g/mol. The van der Waals surface area contributed by atoms with Crippen molar-refractivity contribution in [1.29, 1.82) is 0 Å². The van der Waals surface area contributed by atoms with Crippen molar-refractivity contribution < 1.29 is 14.4 Å². The summed E-state index contributed by atoms with van der Waals surface area (Å²) in [4.78, 5) is 40.2. The van der Waals surface area contributed by atoms with E-state index in [1.807, 2.05) is 31.2 Å². The van der Waals surface area contributed by atoms with Crippen LogP contribution in [-0.2, 0) is 16.1 Å². The first-order valence-corrected chi connectivity index (χ1v) is 8.86. The van der Waals surface area contributed by atoms with Crippen LogP contribution in [0.2, 0.25) is 0 Å². The Labute approximate surface area is 148 Å². The second-order valence-electron chi connectivity index (χ2n) is 7.09. The van der Waals surface area contributed by atoms with Crippen LogP contribution < -0.4 is 5.32 Å². The van der Waals surface area contributed by atoms with E-state index in [0.717, 1.165) is 35.3 Å². The number of hydrogen-bond donors (Lipinski definition) is 1. The molecule has 6 heteroatoms. The summed E-state index contributed by atoms with van der Waals surface area (Å²) < 4.78 is 0. The Kier molecular flexibility index (Phi) is 4.79. The van der Waals surface area contributed by atoms with Gasteiger partial charge in [0.15, 0.2) is 0 Å². The van der Waals surface area contributed by atoms with Gasteiger partial charge in [-0.05, 0) is 25.3 Å². The number of aryl methyl sites for hydroxylation is 1. The zero-order valence-electron chi connectivity index (χ0n) is 14.9. The number of hydrogen-bond acceptors (Lipinski definition) is 3. The Hall–Kier alpha value is -2.37. The van der Waals surface area contributed by atoms with E-state index in [4.69, 9.17) is 0 Å². The number of imide groups is 1. The van der Waals surface area contributed by atoms with Gasteiger partial charge in [-0.1, -0.05) is 49.1 Å². The molecule has 0 bridgehead atoms. The summed E-state index contributed by atoms with van der Waals surface area (Å²) in [5.74, 6) is -0.534. The van der Waals surface area contributed by atoms with Crippen LogP contribution in [0, 0.1) is 6.92 Å². The Morgan fingerprint density at radius 1 is 1.12 bits per heavy atom. The minimum atomic E-state index is -0.730. The van der Waals surface area contributed by atoms with Gasteiger partial charge in [-0.2, -0.15) is 0 Å². The summed E-state index contributed by atoms with van der Waals surface area (Å²) in [7, 11) is 1.68. The molecule has 0 radical (unpaired) electrons. The fourth-order valence-corrected chi connectivity index (χ4v) is 3.78. The topological polar surface area (TPSA) is 69.7 Å². The van der Waals surface area contributed by atoms with E-state index >= 15 is 0 Å². The number of likely N-dealkylation sites (N-methyl/N-ethyl adjacent to an activating group) is 1. The van der Waals surface area contributed by atoms with E-state index in [0.29, 0.717) is 19.4 Å². The lowest BCUT2D eigenvalue weighted by atomic mass is 9.81. The van der Waals surface area contributed by atoms with Crippen LogP contribution in [-0.4, -0.2) is 46.8 Å². The SMILES string of the molecule is Cc1ccc(CNC(=O)CN2C(=O)N(C)C3(CCCCC3)C2=O)cc1. The molecule has 2 fully saturated rings. The first-order chi connectivity index (χ1) is 11.9. The van der Waals surface area contributed by atoms with Crippen LogP contribution in [0.15, 0.2) is 24.3 Å². The van der Waals surface area contributed by atoms with Crippen LogP contribution in [0.5, 0.6) is 0 Å². The highest BCUT2D eigenvalue weighted by molar-refractivity contribution is 6.08. The van der Waals surface area contributed by atoms with Gasteiger partial charge in [-0.15, -0.1) is 0 Å². The summed E-state index contributed by atoms with van der Waals surface area (Å²) in [5, 5.41) is 2.79. The van der Waals surface area contributed by atoms with Crippen molar-refractivity contribution in [1.82, 2.24) is 15.1 Å². The van der Waals surface area contributed by atoms with Crippen molar-refractivity contribution in [2.24, 2.45) is 0 Å². The molecule has 1 aromatic carbocycles. The van der Waals surface area contributed by atoms with Crippen molar-refractivity contribution in [2.45, 2.75) is 51.1 Å². The number of nitrogens with zero attached hydrogens (tertiary/aromatic N) is 2. The van der Waals surface area contributed by atoms with Gasteiger partial charge in [0.1, 0.15) is 12.1 Å². The van der Waals surface area contributed by atoms with Crippen molar-refractivity contribution in [3.8, 4) is 0 Å². The average Bonchev–Trinajstić information content (AvgIpc) is 2.78. The molecule has 1 heterocycles. The highest BCUT2D eigenvalue weighted by Gasteiger charge is 2.55. The maximum absolute atomic E-state index is 12.8. The van der Waals surface area contributed by atoms with Crippen LogP contribution in [0.25, 0.3) is 0 Å². The van der Waals surface area contributed by atoms with Crippen molar-refractivity contribution >= 4 is 17.8 Å². The monoisotopic (exact) mass is 343 g/mol. The van der Waals surface area contributed by atoms with E-state index in [1.165, 1.54) is 0 Å². The van der Waals surface area contributed by atoms with Gasteiger partial charge >= 0.3 is 6.03 Å². The van der Waals surface area contributed by atoms with Gasteiger partial charge in [-0.25, -0.2) is 4.79 Å². The largest absolute Gasteiger partial charge is 0.350 e. The number of nitrogens with one attached hydrogen (secondary N) is 1. The highest BCUT2D eigenvalue weighted by Crippen LogP contribution is 2.39. The van der Waals surface area contributed by atoms with Gasteiger partial charge in [-0.3, -0.25) is 14.5 Å². The molecule has 1 saturated heterocycles. The minimum absolute atomic E-state index is 0.213. The zero-order chi connectivity index (χ0) is 18.0. The summed E-state index contributed by atoms with van der Waals surface area (Å²) >= 11 is 0. The van der Waals surface area contributed by atoms with Crippen molar-refractivity contribution in [3.05, 3.63) is 35.4 Å². The van der Waals surface area contributed by atoms with Crippen molar-refractivity contribution in [2.75, 3.05) is 13.6 Å². The summed E-state index contributed by atoms with van der Waals surface area (Å²) in [6.45, 7) is 2.18. The molecule has 1 aromatic rings. The fraction of sp³-hybridized carbons (Fsp3) is 0.526. The third-order valence-electron chi connectivity index (χ3n) is 5.40. The molecule has 2 aliphatic rings. The van der Waals surface area contributed by atoms with E-state index in [9.17, 15) is 14.4 Å². The van der Waals surface area contributed by atoms with Gasteiger partial charge in [0.25, 0.3) is 5.91 Å². The number of carbonyl (C=O) groups is 3. The predicted molar refractivity (Wildman–Crippen MR) is 93.7 cm³/mol. The van der Waals surface area contributed by atoms with Crippen LogP contribution in [0.1, 0.15) is 43.2 Å². The molecule has 0 atom stereocenters. The third-order valence-corrected chi connectivity index (χ3v) is 5.40. The van der Waals surface area contributed by atoms with Gasteiger partial charge in [0.2, 0.25) is 5.91 Å². The first-order valence-electron chi connectivity index (χ1n) is 8.86. The fourth-order valence-electron chi connectivity index (χ4n) is 3.78. The van der Waals surface area contributed by atoms with Crippen molar-refractivity contribution in [3.63, 3.8) is 0 Å². The molecule has 1 N–H and O–H groups in total. The molecule has 1 saturated carbocycles. The molecule has 0 aromatic heterocycles. The van der Waals surface area contributed by atoms with Gasteiger partial charge in [0.05, 0.1) is 0 Å². The normalized spacial score (nSPS) is 19.6. The summed E-state index contributed by atoms with van der Waals surface area (Å²) in [5.41, 5.74) is 1.41. The lowest BCUT2D eigenvalue weighted by Gasteiger charge is -2.35. The molecule has 1 aliphatic heterocycles. The summed E-state index contributed by atoms with van der Waals surface area (Å²) in [6.07, 6.45) is 4.35. The van der Waals surface area contributed by atoms with Crippen LogP contribution >= 0.6 is 0 Å². The average molecular weight is 343 g/mol. The number of carbonyl (C=O) groups excluding carboxylic acids is 3. The molecule has 134 valence electrons. The Morgan fingerprint density at radius 2 is 1.76 bits per heavy atom. The van der Waals surface area contributed by atoms with E-state index in [2.05, 4.69) is 5.32 Å². The smallest absolute Gasteiger partial charge is 0.327 e. The minimum Gasteiger partial charge on any atom is -0.350 e. The molecule has 1 spiro atoms. The molecule has 3 rings (SSSR count). The van der Waals surface area contributed by atoms with Crippen LogP contribution in [0.4, 0.5) is 4.79 Å². The molecule has 0 unspecified atom stereocenters. The number of amides is 4. The quantitative estimate of drug-likeness (QED) is 0.852. The van der Waals surface area contributed by atoms with Crippen LogP contribution in [0.3, 0.4) is 0 Å². The Bertz CT molecular complexity index is 678. The second-order valence-corrected chi connectivity index (χ2v) is 7.09. The molecule has 6 nitrogen and oxygen atoms in total. The van der Waals surface area contributed by atoms with Gasteiger partial charge in [0, 0.05) is 13.6 Å². The second kappa shape index (κ2) is 6.86. The Balaban J connectivity index is 1.61. The van der Waals surface area contributed by atoms with E-state index in [1.54, 1.807) is 11.9 Å². The summed E-state index contributed by atoms with van der Waals surface area (Å²) in [6, 6.07) is 7.50. The number of benzene rings is 1.